The highest BCUT2D eigenvalue weighted by molar-refractivity contribution is 7.89. The highest BCUT2D eigenvalue weighted by Crippen LogP contribution is 2.34. The van der Waals surface area contributed by atoms with Gasteiger partial charge in [-0.3, -0.25) is 9.59 Å². The number of nitrogens with zero attached hydrogens (tertiary/aromatic N) is 4. The predicted octanol–water partition coefficient (Wildman–Crippen LogP) is 2.17. The Morgan fingerprint density at radius 3 is 2.41 bits per heavy atom. The molecule has 14 heteroatoms. The minimum absolute atomic E-state index is 0.00308. The molecule has 4 rings (SSSR count). The van der Waals surface area contributed by atoms with Crippen LogP contribution in [0.15, 0.2) is 12.1 Å². The van der Waals surface area contributed by atoms with E-state index in [9.17, 15) is 18.0 Å². The summed E-state index contributed by atoms with van der Waals surface area (Å²) in [5, 5.41) is 3.72. The van der Waals surface area contributed by atoms with Gasteiger partial charge in [0.05, 0.1) is 26.9 Å². The van der Waals surface area contributed by atoms with Crippen LogP contribution in [-0.2, 0) is 19.6 Å². The second-order valence-electron chi connectivity index (χ2n) is 10.4. The number of carbonyl (C=O) groups excluding carboxylic acids is 2. The lowest BCUT2D eigenvalue weighted by Gasteiger charge is -2.42. The fraction of sp³-hybridized carbons (Fsp3) is 0.680. The Morgan fingerprint density at radius 1 is 0.974 bits per heavy atom. The van der Waals surface area contributed by atoms with Gasteiger partial charge in [-0.05, 0) is 38.4 Å². The Hall–Kier alpha value is -1.34. The second kappa shape index (κ2) is 13.5. The summed E-state index contributed by atoms with van der Waals surface area (Å²) in [4.78, 5) is 30.7. The third-order valence-corrected chi connectivity index (χ3v) is 10.3. The van der Waals surface area contributed by atoms with E-state index in [2.05, 4.69) is 15.1 Å². The molecule has 1 N–H and O–H groups in total. The van der Waals surface area contributed by atoms with Crippen LogP contribution < -0.4 is 10.1 Å². The van der Waals surface area contributed by atoms with Gasteiger partial charge < -0.3 is 24.8 Å². The summed E-state index contributed by atoms with van der Waals surface area (Å²) in [6.45, 7) is 6.29. The zero-order chi connectivity index (χ0) is 28.2. The van der Waals surface area contributed by atoms with Crippen LogP contribution in [0.4, 0.5) is 0 Å². The van der Waals surface area contributed by atoms with Crippen LogP contribution in [-0.4, -0.2) is 123 Å². The lowest BCUT2D eigenvalue weighted by Crippen LogP contribution is -2.60. The second-order valence-corrected chi connectivity index (χ2v) is 13.7. The van der Waals surface area contributed by atoms with Gasteiger partial charge in [0.2, 0.25) is 15.9 Å². The number of sulfonamides is 1. The summed E-state index contributed by atoms with van der Waals surface area (Å²) in [6, 6.07) is 2.71. The molecule has 1 aromatic rings. The Balaban J connectivity index is 1.36. The molecule has 0 radical (unpaired) electrons. The number of nitrogens with one attached hydrogen (secondary N) is 1. The summed E-state index contributed by atoms with van der Waals surface area (Å²) in [5.41, 5.74) is 0. The van der Waals surface area contributed by atoms with Crippen LogP contribution in [0.1, 0.15) is 26.2 Å². The first kappa shape index (κ1) is 30.6. The van der Waals surface area contributed by atoms with Crippen LogP contribution in [0.5, 0.6) is 5.75 Å². The monoisotopic (exact) mass is 623 g/mol. The molecule has 3 fully saturated rings. The van der Waals surface area contributed by atoms with Crippen molar-refractivity contribution >= 4 is 56.6 Å². The van der Waals surface area contributed by atoms with Crippen LogP contribution in [0.25, 0.3) is 0 Å². The highest BCUT2D eigenvalue weighted by atomic mass is 35.5. The molecule has 3 saturated heterocycles. The molecule has 2 amide bonds. The van der Waals surface area contributed by atoms with Crippen LogP contribution in [0.2, 0.25) is 15.1 Å². The molecule has 0 aromatic heterocycles. The molecule has 1 aromatic carbocycles. The molecule has 3 heterocycles. The third kappa shape index (κ3) is 8.34. The number of halogens is 3. The van der Waals surface area contributed by atoms with Crippen molar-refractivity contribution < 1.29 is 22.7 Å². The SMILES string of the molecule is CC(=O)NC1CCN(CCS(=O)(=O)N2CCN(C(=O)COc3cc(Cl)c(Cl)cc3Cl)[C@@H](CN3CCCC3)C2)C1. The van der Waals surface area contributed by atoms with Crippen molar-refractivity contribution in [2.45, 2.75) is 38.3 Å². The van der Waals surface area contributed by atoms with E-state index in [0.717, 1.165) is 38.9 Å². The first-order valence-electron chi connectivity index (χ1n) is 13.3. The number of hydrogen-bond acceptors (Lipinski definition) is 7. The molecule has 2 atom stereocenters. The van der Waals surface area contributed by atoms with E-state index in [-0.39, 0.29) is 71.7 Å². The maximum Gasteiger partial charge on any atom is 0.260 e. The molecule has 0 saturated carbocycles. The van der Waals surface area contributed by atoms with Gasteiger partial charge >= 0.3 is 0 Å². The summed E-state index contributed by atoms with van der Waals surface area (Å²) >= 11 is 18.2. The molecule has 3 aliphatic heterocycles. The zero-order valence-corrected chi connectivity index (χ0v) is 25.2. The highest BCUT2D eigenvalue weighted by Gasteiger charge is 2.37. The summed E-state index contributed by atoms with van der Waals surface area (Å²) in [7, 11) is -3.52. The van der Waals surface area contributed by atoms with Crippen molar-refractivity contribution in [2.75, 3.05) is 71.3 Å². The molecule has 218 valence electrons. The molecular weight excluding hydrogens is 589 g/mol. The minimum Gasteiger partial charge on any atom is -0.482 e. The van der Waals surface area contributed by atoms with Crippen molar-refractivity contribution in [3.63, 3.8) is 0 Å². The Morgan fingerprint density at radius 2 is 1.69 bits per heavy atom. The summed E-state index contributed by atoms with van der Waals surface area (Å²) in [5.74, 6) is -0.0430. The number of piperazine rings is 1. The number of hydrogen-bond donors (Lipinski definition) is 1. The van der Waals surface area contributed by atoms with Crippen molar-refractivity contribution in [1.29, 1.82) is 0 Å². The van der Waals surface area contributed by atoms with Crippen molar-refractivity contribution in [1.82, 2.24) is 24.3 Å². The molecule has 0 aliphatic carbocycles. The van der Waals surface area contributed by atoms with Crippen molar-refractivity contribution in [3.05, 3.63) is 27.2 Å². The average Bonchev–Trinajstić information content (AvgIpc) is 3.56. The minimum atomic E-state index is -3.52. The Bertz CT molecular complexity index is 1150. The topological polar surface area (TPSA) is 102 Å². The molecule has 0 bridgehead atoms. The normalized spacial score (nSPS) is 23.3. The molecule has 39 heavy (non-hydrogen) atoms. The third-order valence-electron chi connectivity index (χ3n) is 7.50. The van der Waals surface area contributed by atoms with Crippen LogP contribution in [0.3, 0.4) is 0 Å². The van der Waals surface area contributed by atoms with E-state index >= 15 is 0 Å². The largest absolute Gasteiger partial charge is 0.482 e. The summed E-state index contributed by atoms with van der Waals surface area (Å²) in [6.07, 6.45) is 3.00. The fourth-order valence-electron chi connectivity index (χ4n) is 5.48. The van der Waals surface area contributed by atoms with Gasteiger partial charge in [-0.15, -0.1) is 0 Å². The van der Waals surface area contributed by atoms with Gasteiger partial charge in [0.25, 0.3) is 5.91 Å². The van der Waals surface area contributed by atoms with E-state index < -0.39 is 10.0 Å². The van der Waals surface area contributed by atoms with Crippen molar-refractivity contribution in [3.8, 4) is 5.75 Å². The molecule has 1 unspecified atom stereocenters. The predicted molar refractivity (Wildman–Crippen MR) is 152 cm³/mol. The first-order chi connectivity index (χ1) is 18.5. The number of benzene rings is 1. The van der Waals surface area contributed by atoms with E-state index in [1.165, 1.54) is 23.4 Å². The molecule has 10 nitrogen and oxygen atoms in total. The molecule has 0 spiro atoms. The zero-order valence-electron chi connectivity index (χ0n) is 22.1. The van der Waals surface area contributed by atoms with E-state index in [1.54, 1.807) is 4.90 Å². The maximum atomic E-state index is 13.3. The number of rotatable bonds is 10. The van der Waals surface area contributed by atoms with Gasteiger partial charge in [0.1, 0.15) is 5.75 Å². The van der Waals surface area contributed by atoms with Gasteiger partial charge in [0.15, 0.2) is 6.61 Å². The van der Waals surface area contributed by atoms with Crippen molar-refractivity contribution in [2.24, 2.45) is 0 Å². The van der Waals surface area contributed by atoms with Gasteiger partial charge in [-0.2, -0.15) is 4.31 Å². The Labute approximate surface area is 245 Å². The number of amides is 2. The maximum absolute atomic E-state index is 13.3. The lowest BCUT2D eigenvalue weighted by molar-refractivity contribution is -0.138. The van der Waals surface area contributed by atoms with Crippen LogP contribution >= 0.6 is 34.8 Å². The molecular formula is C25H36Cl3N5O5S. The van der Waals surface area contributed by atoms with E-state index in [4.69, 9.17) is 39.5 Å². The van der Waals surface area contributed by atoms with Gasteiger partial charge in [-0.25, -0.2) is 8.42 Å². The lowest BCUT2D eigenvalue weighted by atomic mass is 10.1. The average molecular weight is 625 g/mol. The standard InChI is InChI=1S/C25H36Cl3N5O5S/c1-18(34)29-19-4-7-31(14-19)10-11-39(36,37)32-8-9-33(20(16-32)15-30-5-2-3-6-30)25(35)17-38-24-13-22(27)21(26)12-23(24)28/h12-13,19-20H,2-11,14-17H2,1H3,(H,29,34)/t19?,20-/m0/s1. The number of carbonyl (C=O) groups is 2. The fourth-order valence-corrected chi connectivity index (χ4v) is 7.58. The smallest absolute Gasteiger partial charge is 0.260 e. The summed E-state index contributed by atoms with van der Waals surface area (Å²) < 4.78 is 33.8. The van der Waals surface area contributed by atoms with Crippen LogP contribution in [0, 0.1) is 0 Å². The Kier molecular flexibility index (Phi) is 10.6. The first-order valence-corrected chi connectivity index (χ1v) is 16.0. The number of likely N-dealkylation sites (tertiary alicyclic amines) is 2. The van der Waals surface area contributed by atoms with E-state index in [1.807, 2.05) is 0 Å². The van der Waals surface area contributed by atoms with E-state index in [0.29, 0.717) is 24.7 Å². The molecule has 3 aliphatic rings. The van der Waals surface area contributed by atoms with Gasteiger partial charge in [-0.1, -0.05) is 34.8 Å². The number of ether oxygens (including phenoxy) is 1. The quantitative estimate of drug-likeness (QED) is 0.398. The van der Waals surface area contributed by atoms with Gasteiger partial charge in [0, 0.05) is 64.8 Å².